The summed E-state index contributed by atoms with van der Waals surface area (Å²) in [5.41, 5.74) is 3.49. The maximum atomic E-state index is 5.20. The summed E-state index contributed by atoms with van der Waals surface area (Å²) in [4.78, 5) is 7.00. The van der Waals surface area contributed by atoms with Gasteiger partial charge in [-0.05, 0) is 24.6 Å². The molecule has 1 aromatic carbocycles. The first-order valence-corrected chi connectivity index (χ1v) is 7.99. The lowest BCUT2D eigenvalue weighted by atomic mass is 10.1. The van der Waals surface area contributed by atoms with Crippen molar-refractivity contribution in [1.82, 2.24) is 9.88 Å². The quantitative estimate of drug-likeness (QED) is 0.724. The molecule has 1 heterocycles. The predicted molar refractivity (Wildman–Crippen MR) is 87.4 cm³/mol. The van der Waals surface area contributed by atoms with Crippen LogP contribution in [0.15, 0.2) is 30.3 Å². The molecule has 0 unspecified atom stereocenters. The van der Waals surface area contributed by atoms with Crippen LogP contribution in [0.4, 0.5) is 0 Å². The second kappa shape index (κ2) is 7.72. The molecule has 2 rings (SSSR count). The van der Waals surface area contributed by atoms with E-state index < -0.39 is 0 Å². The molecule has 0 spiro atoms. The van der Waals surface area contributed by atoms with E-state index in [9.17, 15) is 0 Å². The molecule has 20 heavy (non-hydrogen) atoms. The first-order valence-electron chi connectivity index (χ1n) is 6.87. The Morgan fingerprint density at radius 2 is 2.05 bits per heavy atom. The van der Waals surface area contributed by atoms with Gasteiger partial charge < -0.3 is 4.74 Å². The molecule has 0 aliphatic heterocycles. The standard InChI is InChI=1S/C16H21BrN2O/c1-13-11-14(12-19(8-7-17)9-10-20-2)15-5-3-4-6-16(15)18-13/h3-6,11H,7-10,12H2,1-2H3. The fourth-order valence-corrected chi connectivity index (χ4v) is 2.88. The van der Waals surface area contributed by atoms with Gasteiger partial charge in [-0.25, -0.2) is 0 Å². The van der Waals surface area contributed by atoms with Crippen LogP contribution in [0.1, 0.15) is 11.3 Å². The normalized spacial score (nSPS) is 11.4. The van der Waals surface area contributed by atoms with Crippen molar-refractivity contribution in [1.29, 1.82) is 0 Å². The largest absolute Gasteiger partial charge is 0.383 e. The zero-order valence-electron chi connectivity index (χ0n) is 12.1. The summed E-state index contributed by atoms with van der Waals surface area (Å²) in [6.07, 6.45) is 0. The molecule has 0 aliphatic rings. The summed E-state index contributed by atoms with van der Waals surface area (Å²) in [7, 11) is 1.75. The number of aryl methyl sites for hydroxylation is 1. The average molecular weight is 337 g/mol. The summed E-state index contributed by atoms with van der Waals surface area (Å²) in [6, 6.07) is 10.5. The van der Waals surface area contributed by atoms with Gasteiger partial charge in [-0.1, -0.05) is 34.1 Å². The molecule has 108 valence electrons. The monoisotopic (exact) mass is 336 g/mol. The Hall–Kier alpha value is -0.970. The maximum Gasteiger partial charge on any atom is 0.0708 e. The number of aromatic nitrogens is 1. The van der Waals surface area contributed by atoms with Gasteiger partial charge in [-0.15, -0.1) is 0 Å². The molecular formula is C16H21BrN2O. The zero-order chi connectivity index (χ0) is 14.4. The van der Waals surface area contributed by atoms with Crippen molar-refractivity contribution >= 4 is 26.8 Å². The van der Waals surface area contributed by atoms with Gasteiger partial charge in [-0.3, -0.25) is 9.88 Å². The van der Waals surface area contributed by atoms with Crippen LogP contribution in [0, 0.1) is 6.92 Å². The van der Waals surface area contributed by atoms with Gasteiger partial charge >= 0.3 is 0 Å². The van der Waals surface area contributed by atoms with Crippen molar-refractivity contribution in [3.05, 3.63) is 41.6 Å². The highest BCUT2D eigenvalue weighted by Gasteiger charge is 2.09. The molecule has 0 N–H and O–H groups in total. The number of ether oxygens (including phenoxy) is 1. The second-order valence-corrected chi connectivity index (χ2v) is 5.69. The van der Waals surface area contributed by atoms with Crippen LogP contribution in [0.25, 0.3) is 10.9 Å². The Balaban J connectivity index is 2.26. The molecule has 3 nitrogen and oxygen atoms in total. The van der Waals surface area contributed by atoms with E-state index in [1.807, 2.05) is 6.07 Å². The zero-order valence-corrected chi connectivity index (χ0v) is 13.7. The Bertz CT molecular complexity index is 559. The molecule has 0 fully saturated rings. The third kappa shape index (κ3) is 4.01. The highest BCUT2D eigenvalue weighted by atomic mass is 79.9. The third-order valence-electron chi connectivity index (χ3n) is 3.34. The van der Waals surface area contributed by atoms with E-state index in [1.165, 1.54) is 10.9 Å². The van der Waals surface area contributed by atoms with Gasteiger partial charge in [0.05, 0.1) is 12.1 Å². The van der Waals surface area contributed by atoms with E-state index in [2.05, 4.69) is 57.0 Å². The van der Waals surface area contributed by atoms with Gasteiger partial charge in [0.1, 0.15) is 0 Å². The third-order valence-corrected chi connectivity index (χ3v) is 3.69. The van der Waals surface area contributed by atoms with E-state index >= 15 is 0 Å². The molecule has 0 atom stereocenters. The molecule has 0 radical (unpaired) electrons. The van der Waals surface area contributed by atoms with Crippen molar-refractivity contribution < 1.29 is 4.74 Å². The molecule has 2 aromatic rings. The fourth-order valence-electron chi connectivity index (χ4n) is 2.38. The topological polar surface area (TPSA) is 25.4 Å². The first kappa shape index (κ1) is 15.4. The number of para-hydroxylation sites is 1. The van der Waals surface area contributed by atoms with E-state index in [1.54, 1.807) is 7.11 Å². The minimum Gasteiger partial charge on any atom is -0.383 e. The average Bonchev–Trinajstić information content (AvgIpc) is 2.44. The van der Waals surface area contributed by atoms with Crippen LogP contribution in [0.3, 0.4) is 0 Å². The molecule has 1 aromatic heterocycles. The number of halogens is 1. The molecule has 0 saturated carbocycles. The predicted octanol–water partition coefficient (Wildman–Crippen LogP) is 3.39. The van der Waals surface area contributed by atoms with Crippen molar-refractivity contribution in [2.75, 3.05) is 32.1 Å². The van der Waals surface area contributed by atoms with Gasteiger partial charge in [0.2, 0.25) is 0 Å². The first-order chi connectivity index (χ1) is 9.74. The molecule has 0 saturated heterocycles. The van der Waals surface area contributed by atoms with Gasteiger partial charge in [0.25, 0.3) is 0 Å². The SMILES string of the molecule is COCCN(CCBr)Cc1cc(C)nc2ccccc12. The highest BCUT2D eigenvalue weighted by Crippen LogP contribution is 2.19. The lowest BCUT2D eigenvalue weighted by molar-refractivity contribution is 0.148. The molecule has 0 bridgehead atoms. The Morgan fingerprint density at radius 3 is 2.80 bits per heavy atom. The second-order valence-electron chi connectivity index (χ2n) is 4.90. The van der Waals surface area contributed by atoms with Crippen molar-refractivity contribution in [2.24, 2.45) is 0 Å². The minimum absolute atomic E-state index is 0.759. The lowest BCUT2D eigenvalue weighted by Gasteiger charge is -2.22. The summed E-state index contributed by atoms with van der Waals surface area (Å²) in [6.45, 7) is 5.70. The van der Waals surface area contributed by atoms with Crippen LogP contribution in [0.5, 0.6) is 0 Å². The highest BCUT2D eigenvalue weighted by molar-refractivity contribution is 9.09. The van der Waals surface area contributed by atoms with Gasteiger partial charge in [-0.2, -0.15) is 0 Å². The fraction of sp³-hybridized carbons (Fsp3) is 0.438. The van der Waals surface area contributed by atoms with Crippen molar-refractivity contribution in [3.8, 4) is 0 Å². The van der Waals surface area contributed by atoms with E-state index in [0.29, 0.717) is 0 Å². The summed E-state index contributed by atoms with van der Waals surface area (Å²) >= 11 is 3.52. The number of alkyl halides is 1. The van der Waals surface area contributed by atoms with Crippen LogP contribution >= 0.6 is 15.9 Å². The smallest absolute Gasteiger partial charge is 0.0708 e. The van der Waals surface area contributed by atoms with Crippen LogP contribution in [-0.2, 0) is 11.3 Å². The number of nitrogens with zero attached hydrogens (tertiary/aromatic N) is 2. The van der Waals surface area contributed by atoms with Gasteiger partial charge in [0, 0.05) is 43.2 Å². The molecule has 0 aliphatic carbocycles. The summed E-state index contributed by atoms with van der Waals surface area (Å²) < 4.78 is 5.20. The summed E-state index contributed by atoms with van der Waals surface area (Å²) in [5, 5.41) is 2.22. The van der Waals surface area contributed by atoms with Gasteiger partial charge in [0.15, 0.2) is 0 Å². The molecule has 4 heteroatoms. The maximum absolute atomic E-state index is 5.20. The minimum atomic E-state index is 0.759. The molecule has 0 amide bonds. The number of benzene rings is 1. The molecular weight excluding hydrogens is 316 g/mol. The van der Waals surface area contributed by atoms with E-state index in [4.69, 9.17) is 4.74 Å². The Labute approximate surface area is 129 Å². The number of pyridine rings is 1. The number of hydrogen-bond acceptors (Lipinski definition) is 3. The van der Waals surface area contributed by atoms with E-state index in [-0.39, 0.29) is 0 Å². The number of rotatable bonds is 7. The van der Waals surface area contributed by atoms with E-state index in [0.717, 1.165) is 42.8 Å². The number of hydrogen-bond donors (Lipinski definition) is 0. The number of fused-ring (bicyclic) bond motifs is 1. The number of methoxy groups -OCH3 is 1. The van der Waals surface area contributed by atoms with Crippen LogP contribution < -0.4 is 0 Å². The Morgan fingerprint density at radius 1 is 1.25 bits per heavy atom. The van der Waals surface area contributed by atoms with Crippen molar-refractivity contribution in [3.63, 3.8) is 0 Å². The van der Waals surface area contributed by atoms with Crippen LogP contribution in [-0.4, -0.2) is 42.0 Å². The Kier molecular flexibility index (Phi) is 5.95. The van der Waals surface area contributed by atoms with Crippen molar-refractivity contribution in [2.45, 2.75) is 13.5 Å². The lowest BCUT2D eigenvalue weighted by Crippen LogP contribution is -2.29. The van der Waals surface area contributed by atoms with Crippen LogP contribution in [0.2, 0.25) is 0 Å². The summed E-state index contributed by atoms with van der Waals surface area (Å²) in [5.74, 6) is 0.